The molecular weight excluding hydrogens is 184 g/mol. The molecule has 1 fully saturated rings. The zero-order chi connectivity index (χ0) is 10.7. The van der Waals surface area contributed by atoms with Crippen molar-refractivity contribution < 1.29 is 20.4 Å². The van der Waals surface area contributed by atoms with Crippen molar-refractivity contribution in [3.05, 3.63) is 0 Å². The highest BCUT2D eigenvalue weighted by Gasteiger charge is 2.34. The topological polar surface area (TPSA) is 80.9 Å². The Morgan fingerprint density at radius 1 is 0.714 bits per heavy atom. The summed E-state index contributed by atoms with van der Waals surface area (Å²) in [7, 11) is 0. The summed E-state index contributed by atoms with van der Waals surface area (Å²) in [6.07, 6.45) is 3.40. The number of rotatable bonds is 2. The molecule has 0 aromatic heterocycles. The van der Waals surface area contributed by atoms with Crippen LogP contribution >= 0.6 is 0 Å². The van der Waals surface area contributed by atoms with Crippen LogP contribution in [0.15, 0.2) is 0 Å². The highest BCUT2D eigenvalue weighted by Crippen LogP contribution is 2.31. The Kier molecular flexibility index (Phi) is 3.89. The molecule has 4 nitrogen and oxygen atoms in total. The smallest absolute Gasteiger partial charge is 0.0878 e. The number of hydrogen-bond donors (Lipinski definition) is 4. The first-order valence-electron chi connectivity index (χ1n) is 5.20. The highest BCUT2D eigenvalue weighted by molar-refractivity contribution is 4.87. The van der Waals surface area contributed by atoms with Crippen LogP contribution < -0.4 is 0 Å². The van der Waals surface area contributed by atoms with E-state index in [9.17, 15) is 10.2 Å². The van der Waals surface area contributed by atoms with Crippen LogP contribution in [0, 0.1) is 0 Å². The Bertz CT molecular complexity index is 165. The van der Waals surface area contributed by atoms with Gasteiger partial charge in [-0.3, -0.25) is 0 Å². The predicted molar refractivity (Wildman–Crippen MR) is 51.8 cm³/mol. The molecule has 0 radical (unpaired) electrons. The molecule has 1 rings (SSSR count). The van der Waals surface area contributed by atoms with Crippen molar-refractivity contribution >= 4 is 0 Å². The average Bonchev–Trinajstić information content (AvgIpc) is 2.20. The van der Waals surface area contributed by atoms with E-state index in [0.29, 0.717) is 25.7 Å². The van der Waals surface area contributed by atoms with Crippen LogP contribution in [0.4, 0.5) is 0 Å². The van der Waals surface area contributed by atoms with Gasteiger partial charge in [-0.25, -0.2) is 0 Å². The summed E-state index contributed by atoms with van der Waals surface area (Å²) < 4.78 is 0. The zero-order valence-electron chi connectivity index (χ0n) is 8.45. The Hall–Kier alpha value is -0.160. The molecule has 0 bridgehead atoms. The molecule has 0 heterocycles. The van der Waals surface area contributed by atoms with Crippen molar-refractivity contribution in [3.8, 4) is 0 Å². The van der Waals surface area contributed by atoms with Crippen molar-refractivity contribution in [2.45, 2.75) is 49.7 Å². The van der Waals surface area contributed by atoms with Crippen LogP contribution in [0.5, 0.6) is 0 Å². The second kappa shape index (κ2) is 4.57. The fourth-order valence-electron chi connectivity index (χ4n) is 1.94. The van der Waals surface area contributed by atoms with Crippen LogP contribution in [0.25, 0.3) is 0 Å². The average molecular weight is 204 g/mol. The molecular formula is C10H20O4. The third-order valence-corrected chi connectivity index (χ3v) is 3.18. The number of aliphatic hydroxyl groups is 4. The van der Waals surface area contributed by atoms with Gasteiger partial charge in [0.2, 0.25) is 0 Å². The van der Waals surface area contributed by atoms with Gasteiger partial charge < -0.3 is 20.4 Å². The maximum atomic E-state index is 9.87. The minimum atomic E-state index is -1.07. The highest BCUT2D eigenvalue weighted by atomic mass is 16.3. The molecule has 14 heavy (non-hydrogen) atoms. The lowest BCUT2D eigenvalue weighted by Gasteiger charge is -2.34. The summed E-state index contributed by atoms with van der Waals surface area (Å²) in [5, 5.41) is 37.8. The monoisotopic (exact) mass is 204 g/mol. The van der Waals surface area contributed by atoms with Gasteiger partial charge in [0.15, 0.2) is 0 Å². The summed E-state index contributed by atoms with van der Waals surface area (Å²) in [6.45, 7) is -0.539. The van der Waals surface area contributed by atoms with E-state index < -0.39 is 11.2 Å². The van der Waals surface area contributed by atoms with Crippen LogP contribution in [0.1, 0.15) is 38.5 Å². The fourth-order valence-corrected chi connectivity index (χ4v) is 1.94. The first kappa shape index (κ1) is 11.9. The number of aliphatic hydroxyl groups excluding tert-OH is 2. The first-order valence-corrected chi connectivity index (χ1v) is 5.20. The van der Waals surface area contributed by atoms with E-state index in [1.54, 1.807) is 0 Å². The van der Waals surface area contributed by atoms with Crippen LogP contribution in [0.3, 0.4) is 0 Å². The SMILES string of the molecule is OCC1(O)CCCCC(O)(CO)CC1. The molecule has 1 aliphatic rings. The van der Waals surface area contributed by atoms with Crippen molar-refractivity contribution in [1.82, 2.24) is 0 Å². The van der Waals surface area contributed by atoms with Crippen LogP contribution in [-0.4, -0.2) is 44.8 Å². The van der Waals surface area contributed by atoms with Crippen molar-refractivity contribution in [3.63, 3.8) is 0 Å². The maximum absolute atomic E-state index is 9.87. The van der Waals surface area contributed by atoms with Crippen molar-refractivity contribution in [2.75, 3.05) is 13.2 Å². The minimum absolute atomic E-state index is 0.269. The van der Waals surface area contributed by atoms with E-state index in [0.717, 1.165) is 12.8 Å². The maximum Gasteiger partial charge on any atom is 0.0878 e. The molecule has 0 spiro atoms. The van der Waals surface area contributed by atoms with E-state index in [1.807, 2.05) is 0 Å². The second-order valence-corrected chi connectivity index (χ2v) is 4.47. The van der Waals surface area contributed by atoms with Gasteiger partial charge in [0.05, 0.1) is 24.4 Å². The van der Waals surface area contributed by atoms with Gasteiger partial charge >= 0.3 is 0 Å². The summed E-state index contributed by atoms with van der Waals surface area (Å²) in [6, 6.07) is 0. The van der Waals surface area contributed by atoms with Gasteiger partial charge in [-0.15, -0.1) is 0 Å². The lowest BCUT2D eigenvalue weighted by atomic mass is 9.81. The molecule has 84 valence electrons. The van der Waals surface area contributed by atoms with Gasteiger partial charge in [0.1, 0.15) is 0 Å². The molecule has 1 saturated carbocycles. The Morgan fingerprint density at radius 3 is 1.36 bits per heavy atom. The van der Waals surface area contributed by atoms with Gasteiger partial charge in [-0.2, -0.15) is 0 Å². The molecule has 4 heteroatoms. The third-order valence-electron chi connectivity index (χ3n) is 3.18. The summed E-state index contributed by atoms with van der Waals surface area (Å²) in [5.74, 6) is 0. The van der Waals surface area contributed by atoms with Crippen molar-refractivity contribution in [1.29, 1.82) is 0 Å². The molecule has 1 aliphatic carbocycles. The van der Waals surface area contributed by atoms with Gasteiger partial charge in [0.25, 0.3) is 0 Å². The van der Waals surface area contributed by atoms with Gasteiger partial charge in [0, 0.05) is 0 Å². The fraction of sp³-hybridized carbons (Fsp3) is 1.00. The van der Waals surface area contributed by atoms with Crippen LogP contribution in [0.2, 0.25) is 0 Å². The van der Waals surface area contributed by atoms with E-state index >= 15 is 0 Å². The largest absolute Gasteiger partial charge is 0.393 e. The first-order chi connectivity index (χ1) is 6.54. The van der Waals surface area contributed by atoms with Gasteiger partial charge in [-0.1, -0.05) is 12.8 Å². The van der Waals surface area contributed by atoms with E-state index in [4.69, 9.17) is 10.2 Å². The molecule has 0 aromatic rings. The Morgan fingerprint density at radius 2 is 1.07 bits per heavy atom. The summed E-state index contributed by atoms with van der Waals surface area (Å²) >= 11 is 0. The predicted octanol–water partition coefficient (Wildman–Crippen LogP) is -0.213. The quantitative estimate of drug-likeness (QED) is 0.501. The van der Waals surface area contributed by atoms with Crippen molar-refractivity contribution in [2.24, 2.45) is 0 Å². The van der Waals surface area contributed by atoms with Gasteiger partial charge in [-0.05, 0) is 25.7 Å². The lowest BCUT2D eigenvalue weighted by Crippen LogP contribution is -2.41. The lowest BCUT2D eigenvalue weighted by molar-refractivity contribution is -0.0841. The molecule has 0 amide bonds. The minimum Gasteiger partial charge on any atom is -0.393 e. The molecule has 2 unspecified atom stereocenters. The molecule has 0 saturated heterocycles. The van der Waals surface area contributed by atoms with E-state index in [2.05, 4.69) is 0 Å². The summed E-state index contributed by atoms with van der Waals surface area (Å²) in [5.41, 5.74) is -2.13. The Balaban J connectivity index is 2.59. The molecule has 0 aliphatic heterocycles. The second-order valence-electron chi connectivity index (χ2n) is 4.47. The van der Waals surface area contributed by atoms with E-state index in [-0.39, 0.29) is 13.2 Å². The third kappa shape index (κ3) is 2.92. The molecule has 4 N–H and O–H groups in total. The normalized spacial score (nSPS) is 40.3. The van der Waals surface area contributed by atoms with E-state index in [1.165, 1.54) is 0 Å². The summed E-state index contributed by atoms with van der Waals surface area (Å²) in [4.78, 5) is 0. The Labute approximate surface area is 84.2 Å². The van der Waals surface area contributed by atoms with Crippen LogP contribution in [-0.2, 0) is 0 Å². The number of hydrogen-bond acceptors (Lipinski definition) is 4. The molecule has 0 aromatic carbocycles. The standard InChI is InChI=1S/C10H20O4/c11-7-9(13)3-1-2-4-10(14,8-12)6-5-9/h11-14H,1-8H2. The zero-order valence-corrected chi connectivity index (χ0v) is 8.45. The molecule has 2 atom stereocenters.